The van der Waals surface area contributed by atoms with Gasteiger partial charge in [0.15, 0.2) is 11.6 Å². The molecule has 1 heterocycles. The Balaban J connectivity index is 2.55. The maximum absolute atomic E-state index is 13.3. The molecule has 4 nitrogen and oxygen atoms in total. The van der Waals surface area contributed by atoms with Gasteiger partial charge in [0, 0.05) is 23.3 Å². The molecule has 1 unspecified atom stereocenters. The van der Waals surface area contributed by atoms with Gasteiger partial charge in [0.1, 0.15) is 0 Å². The molecular formula is C12H12ClF2NO3S. The van der Waals surface area contributed by atoms with E-state index in [0.29, 0.717) is 18.7 Å². The first-order valence-corrected chi connectivity index (χ1v) is 8.27. The molecule has 0 saturated carbocycles. The predicted octanol–water partition coefficient (Wildman–Crippen LogP) is 2.52. The monoisotopic (exact) mass is 323 g/mol. The summed E-state index contributed by atoms with van der Waals surface area (Å²) in [6, 6.07) is 0.936. The molecule has 110 valence electrons. The van der Waals surface area contributed by atoms with Gasteiger partial charge < -0.3 is 4.90 Å². The zero-order valence-electron chi connectivity index (χ0n) is 10.6. The highest BCUT2D eigenvalue weighted by atomic mass is 35.7. The van der Waals surface area contributed by atoms with Gasteiger partial charge in [-0.3, -0.25) is 4.79 Å². The average molecular weight is 324 g/mol. The van der Waals surface area contributed by atoms with Crippen LogP contribution in [0.1, 0.15) is 30.1 Å². The lowest BCUT2D eigenvalue weighted by molar-refractivity contribution is 0.0743. The molecule has 0 aromatic heterocycles. The molecule has 1 aromatic carbocycles. The normalized spacial score (nSPS) is 19.4. The van der Waals surface area contributed by atoms with Gasteiger partial charge in [-0.2, -0.15) is 0 Å². The van der Waals surface area contributed by atoms with Gasteiger partial charge in [-0.05, 0) is 31.9 Å². The fourth-order valence-corrected chi connectivity index (χ4v) is 3.32. The molecule has 20 heavy (non-hydrogen) atoms. The number of carbonyl (C=O) groups is 1. The van der Waals surface area contributed by atoms with E-state index in [-0.39, 0.29) is 6.04 Å². The van der Waals surface area contributed by atoms with Crippen LogP contribution in [-0.2, 0) is 9.05 Å². The summed E-state index contributed by atoms with van der Waals surface area (Å²) in [4.78, 5) is 13.0. The Bertz CT molecular complexity index is 663. The van der Waals surface area contributed by atoms with Crippen molar-refractivity contribution in [2.24, 2.45) is 0 Å². The van der Waals surface area contributed by atoms with Crippen LogP contribution in [0.15, 0.2) is 17.0 Å². The summed E-state index contributed by atoms with van der Waals surface area (Å²) < 4.78 is 49.3. The van der Waals surface area contributed by atoms with Crippen LogP contribution < -0.4 is 0 Å². The lowest BCUT2D eigenvalue weighted by Crippen LogP contribution is -2.34. The van der Waals surface area contributed by atoms with Crippen LogP contribution in [0.5, 0.6) is 0 Å². The van der Waals surface area contributed by atoms with E-state index < -0.39 is 37.1 Å². The summed E-state index contributed by atoms with van der Waals surface area (Å²) in [6.07, 6.45) is 1.55. The van der Waals surface area contributed by atoms with Gasteiger partial charge in [-0.15, -0.1) is 0 Å². The number of halogens is 3. The van der Waals surface area contributed by atoms with Gasteiger partial charge in [-0.1, -0.05) is 0 Å². The van der Waals surface area contributed by atoms with Crippen molar-refractivity contribution in [3.8, 4) is 0 Å². The Kier molecular flexibility index (Phi) is 4.02. The topological polar surface area (TPSA) is 54.5 Å². The highest BCUT2D eigenvalue weighted by Crippen LogP contribution is 2.27. The minimum Gasteiger partial charge on any atom is -0.336 e. The number of amides is 1. The minimum atomic E-state index is -4.35. The van der Waals surface area contributed by atoms with Gasteiger partial charge in [-0.25, -0.2) is 17.2 Å². The molecule has 0 N–H and O–H groups in total. The molecule has 1 aliphatic heterocycles. The second-order valence-electron chi connectivity index (χ2n) is 4.69. The van der Waals surface area contributed by atoms with Crippen LogP contribution in [0.4, 0.5) is 8.78 Å². The molecule has 0 bridgehead atoms. The standard InChI is InChI=1S/C12H12ClF2NO3S/c1-7-3-2-4-16(7)12(17)8-5-9(14)10(15)6-11(8)20(13,18)19/h5-7H,2-4H2,1H3. The van der Waals surface area contributed by atoms with Gasteiger partial charge in [0.05, 0.1) is 10.5 Å². The number of rotatable bonds is 2. The van der Waals surface area contributed by atoms with Crippen LogP contribution in [0, 0.1) is 11.6 Å². The predicted molar refractivity (Wildman–Crippen MR) is 69.1 cm³/mol. The van der Waals surface area contributed by atoms with Crippen molar-refractivity contribution in [1.82, 2.24) is 4.90 Å². The van der Waals surface area contributed by atoms with E-state index in [1.807, 2.05) is 0 Å². The van der Waals surface area contributed by atoms with Gasteiger partial charge in [0.2, 0.25) is 0 Å². The van der Waals surface area contributed by atoms with Crippen LogP contribution in [0.25, 0.3) is 0 Å². The third kappa shape index (κ3) is 2.78. The molecule has 1 aromatic rings. The van der Waals surface area contributed by atoms with Crippen molar-refractivity contribution >= 4 is 25.6 Å². The largest absolute Gasteiger partial charge is 0.336 e. The minimum absolute atomic E-state index is 0.0820. The summed E-state index contributed by atoms with van der Waals surface area (Å²) in [6.45, 7) is 2.25. The molecule has 2 rings (SSSR count). The fraction of sp³-hybridized carbons (Fsp3) is 0.417. The average Bonchev–Trinajstić information content (AvgIpc) is 2.76. The van der Waals surface area contributed by atoms with E-state index in [4.69, 9.17) is 10.7 Å². The Morgan fingerprint density at radius 2 is 1.95 bits per heavy atom. The number of likely N-dealkylation sites (tertiary alicyclic amines) is 1. The number of hydrogen-bond donors (Lipinski definition) is 0. The highest BCUT2D eigenvalue weighted by Gasteiger charge is 2.31. The second kappa shape index (κ2) is 5.29. The van der Waals surface area contributed by atoms with E-state index in [2.05, 4.69) is 0 Å². The number of benzene rings is 1. The first-order valence-electron chi connectivity index (χ1n) is 5.96. The Labute approximate surface area is 119 Å². The van der Waals surface area contributed by atoms with Crippen molar-refractivity contribution in [2.45, 2.75) is 30.7 Å². The molecule has 0 aliphatic carbocycles. The summed E-state index contributed by atoms with van der Waals surface area (Å²) in [5.41, 5.74) is -0.437. The summed E-state index contributed by atoms with van der Waals surface area (Å²) in [5, 5.41) is 0. The number of carbonyl (C=O) groups excluding carboxylic acids is 1. The maximum Gasteiger partial charge on any atom is 0.262 e. The van der Waals surface area contributed by atoms with E-state index in [0.717, 1.165) is 12.8 Å². The van der Waals surface area contributed by atoms with Crippen LogP contribution >= 0.6 is 10.7 Å². The zero-order valence-corrected chi connectivity index (χ0v) is 12.1. The number of hydrogen-bond acceptors (Lipinski definition) is 3. The lowest BCUT2D eigenvalue weighted by Gasteiger charge is -2.22. The Hall–Kier alpha value is -1.21. The summed E-state index contributed by atoms with van der Waals surface area (Å²) in [7, 11) is 0.841. The fourth-order valence-electron chi connectivity index (χ4n) is 2.29. The quantitative estimate of drug-likeness (QED) is 0.786. The Morgan fingerprint density at radius 1 is 1.35 bits per heavy atom. The molecule has 1 atom stereocenters. The first kappa shape index (κ1) is 15.2. The van der Waals surface area contributed by atoms with Crippen molar-refractivity contribution in [1.29, 1.82) is 0 Å². The SMILES string of the molecule is CC1CCCN1C(=O)c1cc(F)c(F)cc1S(=O)(=O)Cl. The van der Waals surface area contributed by atoms with E-state index in [9.17, 15) is 22.0 Å². The molecule has 1 aliphatic rings. The van der Waals surface area contributed by atoms with Crippen LogP contribution in [0.3, 0.4) is 0 Å². The molecule has 0 spiro atoms. The lowest BCUT2D eigenvalue weighted by atomic mass is 10.1. The first-order chi connectivity index (χ1) is 9.21. The maximum atomic E-state index is 13.3. The highest BCUT2D eigenvalue weighted by molar-refractivity contribution is 8.13. The van der Waals surface area contributed by atoms with Crippen molar-refractivity contribution in [2.75, 3.05) is 6.54 Å². The van der Waals surface area contributed by atoms with Crippen LogP contribution in [0.2, 0.25) is 0 Å². The third-order valence-electron chi connectivity index (χ3n) is 3.33. The number of nitrogens with zero attached hydrogens (tertiary/aromatic N) is 1. The molecule has 0 radical (unpaired) electrons. The van der Waals surface area contributed by atoms with Gasteiger partial charge >= 0.3 is 0 Å². The third-order valence-corrected chi connectivity index (χ3v) is 4.69. The van der Waals surface area contributed by atoms with E-state index >= 15 is 0 Å². The molecule has 1 amide bonds. The molecule has 1 fully saturated rings. The van der Waals surface area contributed by atoms with Crippen LogP contribution in [-0.4, -0.2) is 31.8 Å². The van der Waals surface area contributed by atoms with E-state index in [1.165, 1.54) is 4.90 Å². The van der Waals surface area contributed by atoms with E-state index in [1.54, 1.807) is 6.92 Å². The molecule has 1 saturated heterocycles. The van der Waals surface area contributed by atoms with Crippen molar-refractivity contribution in [3.63, 3.8) is 0 Å². The summed E-state index contributed by atoms with van der Waals surface area (Å²) >= 11 is 0. The van der Waals surface area contributed by atoms with Crippen molar-refractivity contribution < 1.29 is 22.0 Å². The van der Waals surface area contributed by atoms with Crippen molar-refractivity contribution in [3.05, 3.63) is 29.3 Å². The smallest absolute Gasteiger partial charge is 0.262 e. The second-order valence-corrected chi connectivity index (χ2v) is 7.22. The zero-order chi connectivity index (χ0) is 15.1. The molecule has 8 heteroatoms. The molecular weight excluding hydrogens is 312 g/mol. The van der Waals surface area contributed by atoms with Gasteiger partial charge in [0.25, 0.3) is 15.0 Å². The summed E-state index contributed by atoms with van der Waals surface area (Å²) in [5.74, 6) is -3.31. The Morgan fingerprint density at radius 3 is 2.45 bits per heavy atom.